The van der Waals surface area contributed by atoms with Crippen LogP contribution in [-0.4, -0.2) is 14.2 Å². The molecule has 5 heteroatoms. The number of benzene rings is 1. The molecule has 0 bridgehead atoms. The van der Waals surface area contributed by atoms with Crippen molar-refractivity contribution in [3.05, 3.63) is 70.4 Å². The molecule has 1 aliphatic rings. The van der Waals surface area contributed by atoms with Crippen molar-refractivity contribution in [3.8, 4) is 0 Å². The summed E-state index contributed by atoms with van der Waals surface area (Å²) >= 11 is 1.30. The SMILES string of the molecule is O=C1C=C(c2ccccc2)S(=O)(=O)C(c2cccs2)=C1. The van der Waals surface area contributed by atoms with Crippen LogP contribution in [0.4, 0.5) is 0 Å². The number of allylic oxidation sites excluding steroid dienone is 2. The molecule has 0 saturated heterocycles. The largest absolute Gasteiger partial charge is 0.290 e. The van der Waals surface area contributed by atoms with Crippen LogP contribution >= 0.6 is 11.3 Å². The number of sulfone groups is 1. The second kappa shape index (κ2) is 4.85. The predicted molar refractivity (Wildman–Crippen MR) is 80.6 cm³/mol. The van der Waals surface area contributed by atoms with Gasteiger partial charge in [0.05, 0.1) is 9.81 Å². The van der Waals surface area contributed by atoms with Gasteiger partial charge in [-0.15, -0.1) is 11.3 Å². The zero-order valence-corrected chi connectivity index (χ0v) is 11.9. The normalized spacial score (nSPS) is 17.5. The van der Waals surface area contributed by atoms with E-state index in [4.69, 9.17) is 0 Å². The molecule has 0 spiro atoms. The average Bonchev–Trinajstić information content (AvgIpc) is 2.95. The molecule has 1 aromatic heterocycles. The van der Waals surface area contributed by atoms with Gasteiger partial charge in [0.25, 0.3) is 0 Å². The van der Waals surface area contributed by atoms with Gasteiger partial charge in [-0.1, -0.05) is 36.4 Å². The van der Waals surface area contributed by atoms with E-state index < -0.39 is 9.84 Å². The van der Waals surface area contributed by atoms with Crippen molar-refractivity contribution < 1.29 is 13.2 Å². The first-order chi connectivity index (χ1) is 9.59. The summed E-state index contributed by atoms with van der Waals surface area (Å²) in [5.74, 6) is -0.304. The summed E-state index contributed by atoms with van der Waals surface area (Å²) in [6.45, 7) is 0. The van der Waals surface area contributed by atoms with Crippen molar-refractivity contribution in [1.82, 2.24) is 0 Å². The summed E-state index contributed by atoms with van der Waals surface area (Å²) in [7, 11) is -3.66. The van der Waals surface area contributed by atoms with Crippen LogP contribution in [0.2, 0.25) is 0 Å². The molecule has 1 aliphatic heterocycles. The zero-order valence-electron chi connectivity index (χ0n) is 10.3. The van der Waals surface area contributed by atoms with Gasteiger partial charge >= 0.3 is 0 Å². The van der Waals surface area contributed by atoms with E-state index in [0.29, 0.717) is 10.4 Å². The maximum Gasteiger partial charge on any atom is 0.208 e. The molecule has 0 fully saturated rings. The van der Waals surface area contributed by atoms with Crippen molar-refractivity contribution in [2.45, 2.75) is 0 Å². The van der Waals surface area contributed by atoms with E-state index in [9.17, 15) is 13.2 Å². The highest BCUT2D eigenvalue weighted by Gasteiger charge is 2.31. The third-order valence-corrected chi connectivity index (χ3v) is 5.83. The molecule has 0 amide bonds. The topological polar surface area (TPSA) is 51.2 Å². The summed E-state index contributed by atoms with van der Waals surface area (Å²) in [4.78, 5) is 12.6. The fourth-order valence-electron chi connectivity index (χ4n) is 2.04. The van der Waals surface area contributed by atoms with Crippen LogP contribution in [0.5, 0.6) is 0 Å². The maximum absolute atomic E-state index is 12.7. The number of hydrogen-bond donors (Lipinski definition) is 0. The molecule has 1 aromatic carbocycles. The number of thiophene rings is 1. The standard InChI is InChI=1S/C15H10O3S2/c16-12-9-14(11-5-2-1-3-6-11)20(17,18)15(10-12)13-7-4-8-19-13/h1-10H. The van der Waals surface area contributed by atoms with Gasteiger partial charge in [0.15, 0.2) is 5.78 Å². The van der Waals surface area contributed by atoms with E-state index >= 15 is 0 Å². The summed E-state index contributed by atoms with van der Waals surface area (Å²) in [6, 6.07) is 12.1. The minimum absolute atomic E-state index is 0.0639. The molecule has 100 valence electrons. The number of carbonyl (C=O) groups excluding carboxylic acids is 1. The second-order valence-corrected chi connectivity index (χ2v) is 7.10. The van der Waals surface area contributed by atoms with Gasteiger partial charge in [-0.25, -0.2) is 8.42 Å². The van der Waals surface area contributed by atoms with Gasteiger partial charge in [-0.05, 0) is 17.0 Å². The van der Waals surface area contributed by atoms with Gasteiger partial charge < -0.3 is 0 Å². The molecule has 3 rings (SSSR count). The number of carbonyl (C=O) groups is 1. The molecule has 3 nitrogen and oxygen atoms in total. The Labute approximate surface area is 120 Å². The Hall–Kier alpha value is -1.98. The van der Waals surface area contributed by atoms with Gasteiger partial charge in [0.1, 0.15) is 0 Å². The molecule has 0 saturated carbocycles. The zero-order chi connectivity index (χ0) is 14.2. The highest BCUT2D eigenvalue weighted by atomic mass is 32.2. The van der Waals surface area contributed by atoms with Gasteiger partial charge in [0.2, 0.25) is 9.84 Å². The van der Waals surface area contributed by atoms with Gasteiger partial charge in [-0.2, -0.15) is 0 Å². The van der Waals surface area contributed by atoms with E-state index in [1.165, 1.54) is 23.5 Å². The Bertz CT molecular complexity index is 811. The Morgan fingerprint density at radius 3 is 2.20 bits per heavy atom. The highest BCUT2D eigenvalue weighted by Crippen LogP contribution is 2.37. The first kappa shape index (κ1) is 13.0. The molecule has 0 aliphatic carbocycles. The second-order valence-electron chi connectivity index (χ2n) is 4.27. The lowest BCUT2D eigenvalue weighted by Crippen LogP contribution is -2.12. The van der Waals surface area contributed by atoms with Gasteiger partial charge in [0, 0.05) is 17.0 Å². The van der Waals surface area contributed by atoms with Crippen molar-refractivity contribution in [2.24, 2.45) is 0 Å². The monoisotopic (exact) mass is 302 g/mol. The first-order valence-electron chi connectivity index (χ1n) is 5.91. The van der Waals surface area contributed by atoms with Crippen LogP contribution in [0.3, 0.4) is 0 Å². The molecule has 2 aromatic rings. The number of ketones is 1. The van der Waals surface area contributed by atoms with Crippen molar-refractivity contribution in [1.29, 1.82) is 0 Å². The smallest absolute Gasteiger partial charge is 0.208 e. The van der Waals surface area contributed by atoms with E-state index in [0.717, 1.165) is 0 Å². The Balaban J connectivity index is 2.18. The molecule has 0 N–H and O–H groups in total. The summed E-state index contributed by atoms with van der Waals surface area (Å²) < 4.78 is 25.4. The fraction of sp³-hybridized carbons (Fsp3) is 0. The molecule has 20 heavy (non-hydrogen) atoms. The highest BCUT2D eigenvalue weighted by molar-refractivity contribution is 8.09. The van der Waals surface area contributed by atoms with Gasteiger partial charge in [-0.3, -0.25) is 4.79 Å². The number of rotatable bonds is 2. The summed E-state index contributed by atoms with van der Waals surface area (Å²) in [5.41, 5.74) is 0.531. The molecule has 2 heterocycles. The van der Waals surface area contributed by atoms with E-state index in [-0.39, 0.29) is 15.6 Å². The van der Waals surface area contributed by atoms with Crippen LogP contribution in [0, 0.1) is 0 Å². The average molecular weight is 302 g/mol. The molecule has 0 unspecified atom stereocenters. The summed E-state index contributed by atoms with van der Waals surface area (Å²) in [6.07, 6.45) is 2.37. The maximum atomic E-state index is 12.7. The first-order valence-corrected chi connectivity index (χ1v) is 8.27. The molecular formula is C15H10O3S2. The fourth-order valence-corrected chi connectivity index (χ4v) is 4.71. The third kappa shape index (κ3) is 2.15. The van der Waals surface area contributed by atoms with Crippen LogP contribution in [0.25, 0.3) is 9.81 Å². The van der Waals surface area contributed by atoms with Crippen molar-refractivity contribution in [2.75, 3.05) is 0 Å². The lowest BCUT2D eigenvalue weighted by Gasteiger charge is -2.14. The third-order valence-electron chi connectivity index (χ3n) is 2.95. The Morgan fingerprint density at radius 1 is 0.850 bits per heavy atom. The van der Waals surface area contributed by atoms with Crippen LogP contribution in [0.1, 0.15) is 10.4 Å². The lowest BCUT2D eigenvalue weighted by atomic mass is 10.2. The van der Waals surface area contributed by atoms with E-state index in [2.05, 4.69) is 0 Å². The van der Waals surface area contributed by atoms with Crippen molar-refractivity contribution >= 4 is 36.8 Å². The summed E-state index contributed by atoms with van der Waals surface area (Å²) in [5, 5.41) is 1.79. The van der Waals surface area contributed by atoms with Crippen LogP contribution in [-0.2, 0) is 14.6 Å². The number of hydrogen-bond acceptors (Lipinski definition) is 4. The lowest BCUT2D eigenvalue weighted by molar-refractivity contribution is -0.110. The van der Waals surface area contributed by atoms with E-state index in [1.807, 2.05) is 0 Å². The minimum Gasteiger partial charge on any atom is -0.290 e. The van der Waals surface area contributed by atoms with Crippen molar-refractivity contribution in [3.63, 3.8) is 0 Å². The minimum atomic E-state index is -3.66. The predicted octanol–water partition coefficient (Wildman–Crippen LogP) is 3.13. The van der Waals surface area contributed by atoms with Crippen LogP contribution in [0.15, 0.2) is 60.0 Å². The van der Waals surface area contributed by atoms with E-state index in [1.54, 1.807) is 47.8 Å². The molecular weight excluding hydrogens is 292 g/mol. The Morgan fingerprint density at radius 2 is 1.55 bits per heavy atom. The quantitative estimate of drug-likeness (QED) is 0.856. The molecule has 0 atom stereocenters. The molecule has 0 radical (unpaired) electrons. The Kier molecular flexibility index (Phi) is 3.16. The van der Waals surface area contributed by atoms with Crippen LogP contribution < -0.4 is 0 Å².